The summed E-state index contributed by atoms with van der Waals surface area (Å²) in [7, 11) is 1.51. The summed E-state index contributed by atoms with van der Waals surface area (Å²) in [4.78, 5) is 16.8. The quantitative estimate of drug-likeness (QED) is 0.533. The zero-order valence-electron chi connectivity index (χ0n) is 17.4. The molecule has 1 N–H and O–H groups in total. The Hall–Kier alpha value is -3.04. The van der Waals surface area contributed by atoms with Crippen LogP contribution in [0.5, 0.6) is 11.5 Å². The van der Waals surface area contributed by atoms with Crippen LogP contribution in [0.4, 0.5) is 8.78 Å². The molecule has 168 valence electrons. The van der Waals surface area contributed by atoms with Crippen molar-refractivity contribution in [3.8, 4) is 22.1 Å². The lowest BCUT2D eigenvalue weighted by Crippen LogP contribution is -2.31. The molecule has 0 unspecified atom stereocenters. The molecular formula is C23H22F2N2O4S. The van der Waals surface area contributed by atoms with Crippen LogP contribution in [0, 0.1) is 11.6 Å². The van der Waals surface area contributed by atoms with Crippen LogP contribution in [-0.2, 0) is 11.3 Å². The van der Waals surface area contributed by atoms with Gasteiger partial charge in [-0.1, -0.05) is 6.07 Å². The lowest BCUT2D eigenvalue weighted by atomic mass is 10.2. The van der Waals surface area contributed by atoms with Crippen LogP contribution in [-0.4, -0.2) is 37.3 Å². The molecule has 4 rings (SSSR count). The Morgan fingerprint density at radius 2 is 2.09 bits per heavy atom. The molecule has 0 aliphatic carbocycles. The highest BCUT2D eigenvalue weighted by Crippen LogP contribution is 2.34. The highest BCUT2D eigenvalue weighted by atomic mass is 32.1. The van der Waals surface area contributed by atoms with Gasteiger partial charge < -0.3 is 19.5 Å². The van der Waals surface area contributed by atoms with Crippen molar-refractivity contribution >= 4 is 17.2 Å². The topological polar surface area (TPSA) is 69.7 Å². The average molecular weight is 461 g/mol. The number of methoxy groups -OCH3 is 1. The predicted molar refractivity (Wildman–Crippen MR) is 116 cm³/mol. The molecule has 1 aromatic heterocycles. The van der Waals surface area contributed by atoms with E-state index >= 15 is 0 Å². The van der Waals surface area contributed by atoms with E-state index in [1.54, 1.807) is 23.6 Å². The molecule has 1 aliphatic heterocycles. The van der Waals surface area contributed by atoms with Gasteiger partial charge in [0.25, 0.3) is 5.91 Å². The summed E-state index contributed by atoms with van der Waals surface area (Å²) in [5, 5.41) is 5.24. The second kappa shape index (κ2) is 10.1. The van der Waals surface area contributed by atoms with Crippen molar-refractivity contribution in [2.45, 2.75) is 25.6 Å². The van der Waals surface area contributed by atoms with E-state index in [4.69, 9.17) is 14.2 Å². The van der Waals surface area contributed by atoms with Gasteiger partial charge in [0, 0.05) is 24.1 Å². The molecule has 1 fully saturated rings. The molecule has 2 aromatic carbocycles. The van der Waals surface area contributed by atoms with Gasteiger partial charge >= 0.3 is 0 Å². The van der Waals surface area contributed by atoms with Crippen molar-refractivity contribution < 1.29 is 27.8 Å². The van der Waals surface area contributed by atoms with E-state index in [-0.39, 0.29) is 18.6 Å². The summed E-state index contributed by atoms with van der Waals surface area (Å²) >= 11 is 1.35. The number of benzene rings is 2. The number of hydrogen-bond acceptors (Lipinski definition) is 6. The number of halogens is 2. The summed E-state index contributed by atoms with van der Waals surface area (Å²) < 4.78 is 43.1. The molecule has 9 heteroatoms. The maximum absolute atomic E-state index is 13.4. The number of ether oxygens (including phenoxy) is 3. The van der Waals surface area contributed by atoms with Gasteiger partial charge in [-0.25, -0.2) is 13.8 Å². The average Bonchev–Trinajstić information content (AvgIpc) is 3.50. The van der Waals surface area contributed by atoms with Crippen LogP contribution in [0.15, 0.2) is 41.8 Å². The second-order valence-corrected chi connectivity index (χ2v) is 8.14. The van der Waals surface area contributed by atoms with Crippen molar-refractivity contribution in [2.24, 2.45) is 0 Å². The van der Waals surface area contributed by atoms with Crippen molar-refractivity contribution in [3.05, 3.63) is 64.7 Å². The van der Waals surface area contributed by atoms with Crippen LogP contribution in [0.1, 0.15) is 28.9 Å². The minimum Gasteiger partial charge on any atom is -0.493 e. The molecule has 0 saturated carbocycles. The fourth-order valence-corrected chi connectivity index (χ4v) is 4.12. The minimum atomic E-state index is -0.923. The first kappa shape index (κ1) is 22.2. The highest BCUT2D eigenvalue weighted by molar-refractivity contribution is 7.13. The first-order chi connectivity index (χ1) is 15.5. The number of nitrogens with one attached hydrogen (secondary N) is 1. The Morgan fingerprint density at radius 3 is 2.84 bits per heavy atom. The number of carbonyl (C=O) groups is 1. The number of nitrogens with zero attached hydrogens (tertiary/aromatic N) is 1. The first-order valence-electron chi connectivity index (χ1n) is 10.1. The van der Waals surface area contributed by atoms with Gasteiger partial charge in [-0.05, 0) is 48.7 Å². The van der Waals surface area contributed by atoms with Crippen LogP contribution in [0.2, 0.25) is 0 Å². The molecular weight excluding hydrogens is 438 g/mol. The third-order valence-corrected chi connectivity index (χ3v) is 5.93. The van der Waals surface area contributed by atoms with Gasteiger partial charge in [0.05, 0.1) is 13.2 Å². The third kappa shape index (κ3) is 5.23. The van der Waals surface area contributed by atoms with Crippen LogP contribution in [0.3, 0.4) is 0 Å². The number of rotatable bonds is 8. The Morgan fingerprint density at radius 1 is 1.22 bits per heavy atom. The fourth-order valence-electron chi connectivity index (χ4n) is 3.32. The molecule has 0 radical (unpaired) electrons. The molecule has 1 saturated heterocycles. The van der Waals surface area contributed by atoms with E-state index in [1.807, 2.05) is 0 Å². The number of thiazole rings is 1. The Kier molecular flexibility index (Phi) is 6.96. The van der Waals surface area contributed by atoms with Gasteiger partial charge in [0.1, 0.15) is 17.3 Å². The first-order valence-corrected chi connectivity index (χ1v) is 11.0. The molecule has 6 nitrogen and oxygen atoms in total. The van der Waals surface area contributed by atoms with E-state index in [0.29, 0.717) is 34.3 Å². The monoisotopic (exact) mass is 460 g/mol. The summed E-state index contributed by atoms with van der Waals surface area (Å²) in [6, 6.07) is 8.89. The zero-order valence-corrected chi connectivity index (χ0v) is 18.2. The molecule has 1 amide bonds. The molecule has 3 aromatic rings. The Bertz CT molecular complexity index is 1100. The van der Waals surface area contributed by atoms with E-state index in [1.165, 1.54) is 24.5 Å². The molecule has 0 spiro atoms. The Balaban J connectivity index is 1.41. The van der Waals surface area contributed by atoms with Crippen molar-refractivity contribution in [1.82, 2.24) is 10.3 Å². The normalized spacial score (nSPS) is 15.5. The smallest absolute Gasteiger partial charge is 0.270 e. The van der Waals surface area contributed by atoms with Crippen LogP contribution < -0.4 is 14.8 Å². The molecule has 1 aliphatic rings. The maximum atomic E-state index is 13.4. The second-order valence-electron chi connectivity index (χ2n) is 7.29. The lowest BCUT2D eigenvalue weighted by Gasteiger charge is -2.12. The van der Waals surface area contributed by atoms with Gasteiger partial charge in [-0.2, -0.15) is 0 Å². The predicted octanol–water partition coefficient (Wildman–Crippen LogP) is 4.58. The third-order valence-electron chi connectivity index (χ3n) is 5.04. The summed E-state index contributed by atoms with van der Waals surface area (Å²) in [6.07, 6.45) is 2.04. The minimum absolute atomic E-state index is 0.0547. The highest BCUT2D eigenvalue weighted by Gasteiger charge is 2.18. The molecule has 1 atom stereocenters. The number of carbonyl (C=O) groups excluding carboxylic acids is 1. The summed E-state index contributed by atoms with van der Waals surface area (Å²) in [6.45, 7) is 1.27. The largest absolute Gasteiger partial charge is 0.493 e. The van der Waals surface area contributed by atoms with Crippen LogP contribution >= 0.6 is 11.3 Å². The van der Waals surface area contributed by atoms with Crippen molar-refractivity contribution in [3.63, 3.8) is 0 Å². The summed E-state index contributed by atoms with van der Waals surface area (Å²) in [5.74, 6) is -1.15. The standard InChI is InChI=1S/C23H22F2N2O4S/c1-29-21-10-15(5-7-20(21)31-12-14-4-6-17(24)18(25)9-14)23-27-19(13-32-23)22(28)26-11-16-3-2-8-30-16/h4-7,9-10,13,16H,2-3,8,11-12H2,1H3,(H,26,28)/t16-/m1/s1. The van der Waals surface area contributed by atoms with E-state index in [2.05, 4.69) is 10.3 Å². The van der Waals surface area contributed by atoms with Gasteiger partial charge in [-0.3, -0.25) is 4.79 Å². The number of hydrogen-bond donors (Lipinski definition) is 1. The van der Waals surface area contributed by atoms with Gasteiger partial charge in [-0.15, -0.1) is 11.3 Å². The SMILES string of the molecule is COc1cc(-c2nc(C(=O)NC[C@H]3CCCO3)cs2)ccc1OCc1ccc(F)c(F)c1. The van der Waals surface area contributed by atoms with E-state index in [9.17, 15) is 13.6 Å². The number of amides is 1. The fraction of sp³-hybridized carbons (Fsp3) is 0.304. The maximum Gasteiger partial charge on any atom is 0.270 e. The zero-order chi connectivity index (χ0) is 22.5. The molecule has 2 heterocycles. The van der Waals surface area contributed by atoms with Crippen molar-refractivity contribution in [1.29, 1.82) is 0 Å². The molecule has 0 bridgehead atoms. The Labute approximate surface area is 188 Å². The lowest BCUT2D eigenvalue weighted by molar-refractivity contribution is 0.0854. The molecule has 32 heavy (non-hydrogen) atoms. The number of aromatic nitrogens is 1. The summed E-state index contributed by atoms with van der Waals surface area (Å²) in [5.41, 5.74) is 1.61. The van der Waals surface area contributed by atoms with Gasteiger partial charge in [0.2, 0.25) is 0 Å². The van der Waals surface area contributed by atoms with E-state index < -0.39 is 11.6 Å². The van der Waals surface area contributed by atoms with Crippen molar-refractivity contribution in [2.75, 3.05) is 20.3 Å². The van der Waals surface area contributed by atoms with E-state index in [0.717, 1.165) is 37.1 Å². The van der Waals surface area contributed by atoms with Crippen LogP contribution in [0.25, 0.3) is 10.6 Å². The van der Waals surface area contributed by atoms with Gasteiger partial charge in [0.15, 0.2) is 23.1 Å².